The fraction of sp³-hybridized carbons (Fsp3) is 0.118. The van der Waals surface area contributed by atoms with Gasteiger partial charge in [-0.15, -0.1) is 0 Å². The highest BCUT2D eigenvalue weighted by atomic mass is 79.9. The van der Waals surface area contributed by atoms with Crippen LogP contribution in [0.15, 0.2) is 63.9 Å². The number of nitrogens with zero attached hydrogens (tertiary/aromatic N) is 2. The van der Waals surface area contributed by atoms with Crippen LogP contribution in [0.1, 0.15) is 5.69 Å². The quantitative estimate of drug-likeness (QED) is 0.714. The number of nitrogen functional groups attached to an aromatic ring is 1. The minimum absolute atomic E-state index is 0.116. The van der Waals surface area contributed by atoms with Gasteiger partial charge in [0.1, 0.15) is 16.8 Å². The van der Waals surface area contributed by atoms with E-state index in [1.54, 1.807) is 33.6 Å². The molecule has 3 rings (SSSR count). The minimum atomic E-state index is -0.116. The van der Waals surface area contributed by atoms with Crippen LogP contribution in [0.25, 0.3) is 5.69 Å². The molecule has 1 heterocycles. The van der Waals surface area contributed by atoms with Gasteiger partial charge in [-0.1, -0.05) is 18.2 Å². The lowest BCUT2D eigenvalue weighted by Gasteiger charge is -2.11. The zero-order chi connectivity index (χ0) is 16.4. The van der Waals surface area contributed by atoms with Gasteiger partial charge in [0.15, 0.2) is 0 Å². The molecule has 0 spiro atoms. The molecule has 0 unspecified atom stereocenters. The molecule has 6 heteroatoms. The molecule has 118 valence electrons. The van der Waals surface area contributed by atoms with Crippen LogP contribution in [0.5, 0.6) is 5.75 Å². The van der Waals surface area contributed by atoms with E-state index in [2.05, 4.69) is 15.9 Å². The first-order chi connectivity index (χ1) is 11.1. The molecule has 0 fully saturated rings. The van der Waals surface area contributed by atoms with Gasteiger partial charge < -0.3 is 10.5 Å². The highest BCUT2D eigenvalue weighted by molar-refractivity contribution is 9.10. The normalized spacial score (nSPS) is 10.7. The van der Waals surface area contributed by atoms with E-state index in [1.165, 1.54) is 0 Å². The molecule has 0 aliphatic heterocycles. The van der Waals surface area contributed by atoms with Crippen molar-refractivity contribution in [2.45, 2.75) is 6.61 Å². The summed E-state index contributed by atoms with van der Waals surface area (Å²) in [6, 6.07) is 16.6. The molecular weight excluding hydrogens is 358 g/mol. The summed E-state index contributed by atoms with van der Waals surface area (Å²) in [6.07, 6.45) is 0. The average Bonchev–Trinajstić information content (AvgIpc) is 2.78. The maximum Gasteiger partial charge on any atom is 0.286 e. The van der Waals surface area contributed by atoms with E-state index in [0.29, 0.717) is 15.9 Å². The molecule has 0 bridgehead atoms. The minimum Gasteiger partial charge on any atom is -0.487 e. The zero-order valence-electron chi connectivity index (χ0n) is 12.6. The number of hydrogen-bond donors (Lipinski definition) is 1. The molecule has 0 saturated heterocycles. The molecule has 0 aliphatic rings. The maximum atomic E-state index is 12.5. The standard InChI is InChI=1S/C17H16BrN3O2/c1-20-15(11-23-14-9-7-12(19)8-10-14)16(18)17(22)21(20)13-5-3-2-4-6-13/h2-10H,11,19H2,1H3. The lowest BCUT2D eigenvalue weighted by Crippen LogP contribution is -2.19. The van der Waals surface area contributed by atoms with Gasteiger partial charge >= 0.3 is 0 Å². The van der Waals surface area contributed by atoms with Gasteiger partial charge in [0, 0.05) is 12.7 Å². The van der Waals surface area contributed by atoms with Crippen LogP contribution in [0.2, 0.25) is 0 Å². The third-order valence-corrected chi connectivity index (χ3v) is 4.38. The van der Waals surface area contributed by atoms with Crippen molar-refractivity contribution in [2.75, 3.05) is 5.73 Å². The number of aromatic nitrogens is 2. The van der Waals surface area contributed by atoms with Crippen molar-refractivity contribution in [3.63, 3.8) is 0 Å². The molecule has 3 aromatic rings. The van der Waals surface area contributed by atoms with Crippen molar-refractivity contribution in [3.8, 4) is 11.4 Å². The number of rotatable bonds is 4. The van der Waals surface area contributed by atoms with E-state index in [0.717, 1.165) is 11.4 Å². The Labute approximate surface area is 142 Å². The SMILES string of the molecule is Cn1c(COc2ccc(N)cc2)c(Br)c(=O)n1-c1ccccc1. The maximum absolute atomic E-state index is 12.5. The van der Waals surface area contributed by atoms with Crippen molar-refractivity contribution in [1.82, 2.24) is 9.36 Å². The molecule has 1 aromatic heterocycles. The van der Waals surface area contributed by atoms with Crippen LogP contribution in [0.4, 0.5) is 5.69 Å². The van der Waals surface area contributed by atoms with Crippen molar-refractivity contribution in [3.05, 3.63) is 75.1 Å². The number of para-hydroxylation sites is 1. The second-order valence-electron chi connectivity index (χ2n) is 5.09. The average molecular weight is 374 g/mol. The number of nitrogens with two attached hydrogens (primary N) is 1. The molecule has 2 aromatic carbocycles. The Bertz CT molecular complexity index is 867. The van der Waals surface area contributed by atoms with Gasteiger partial charge in [-0.3, -0.25) is 9.48 Å². The summed E-state index contributed by atoms with van der Waals surface area (Å²) >= 11 is 3.38. The number of anilines is 1. The summed E-state index contributed by atoms with van der Waals surface area (Å²) in [5.41, 5.74) is 7.79. The Morgan fingerprint density at radius 2 is 1.74 bits per heavy atom. The number of hydrogen-bond acceptors (Lipinski definition) is 3. The van der Waals surface area contributed by atoms with E-state index < -0.39 is 0 Å². The number of benzene rings is 2. The lowest BCUT2D eigenvalue weighted by molar-refractivity contribution is 0.292. The van der Waals surface area contributed by atoms with Crippen LogP contribution < -0.4 is 16.0 Å². The fourth-order valence-corrected chi connectivity index (χ4v) is 2.89. The molecule has 0 saturated carbocycles. The van der Waals surface area contributed by atoms with Crippen molar-refractivity contribution in [2.24, 2.45) is 7.05 Å². The fourth-order valence-electron chi connectivity index (χ4n) is 2.35. The zero-order valence-corrected chi connectivity index (χ0v) is 14.2. The summed E-state index contributed by atoms with van der Waals surface area (Å²) in [6.45, 7) is 0.274. The van der Waals surface area contributed by atoms with Gasteiger partial charge in [-0.2, -0.15) is 0 Å². The van der Waals surface area contributed by atoms with E-state index in [-0.39, 0.29) is 12.2 Å². The van der Waals surface area contributed by atoms with Crippen molar-refractivity contribution < 1.29 is 4.74 Å². The molecule has 5 nitrogen and oxygen atoms in total. The first kappa shape index (κ1) is 15.4. The largest absolute Gasteiger partial charge is 0.487 e. The van der Waals surface area contributed by atoms with Crippen LogP contribution in [-0.4, -0.2) is 9.36 Å². The number of halogens is 1. The lowest BCUT2D eigenvalue weighted by atomic mass is 10.3. The highest BCUT2D eigenvalue weighted by Gasteiger charge is 2.17. The first-order valence-electron chi connectivity index (χ1n) is 7.08. The summed E-state index contributed by atoms with van der Waals surface area (Å²) in [5.74, 6) is 0.700. The summed E-state index contributed by atoms with van der Waals surface area (Å²) in [4.78, 5) is 12.5. The molecule has 0 radical (unpaired) electrons. The predicted molar refractivity (Wildman–Crippen MR) is 93.9 cm³/mol. The second-order valence-corrected chi connectivity index (χ2v) is 5.89. The molecule has 0 atom stereocenters. The van der Waals surface area contributed by atoms with Crippen LogP contribution in [-0.2, 0) is 13.7 Å². The predicted octanol–water partition coefficient (Wildman–Crippen LogP) is 3.10. The highest BCUT2D eigenvalue weighted by Crippen LogP contribution is 2.19. The van der Waals surface area contributed by atoms with Crippen molar-refractivity contribution >= 4 is 21.6 Å². The smallest absolute Gasteiger partial charge is 0.286 e. The molecule has 0 aliphatic carbocycles. The van der Waals surface area contributed by atoms with Crippen molar-refractivity contribution in [1.29, 1.82) is 0 Å². The van der Waals surface area contributed by atoms with Gasteiger partial charge in [0.05, 0.1) is 11.4 Å². The Hall–Kier alpha value is -2.47. The van der Waals surface area contributed by atoms with E-state index in [9.17, 15) is 4.79 Å². The molecule has 2 N–H and O–H groups in total. The number of ether oxygens (including phenoxy) is 1. The van der Waals surface area contributed by atoms with Gasteiger partial charge in [0.25, 0.3) is 5.56 Å². The summed E-state index contributed by atoms with van der Waals surface area (Å²) in [5, 5.41) is 0. The van der Waals surface area contributed by atoms with E-state index in [4.69, 9.17) is 10.5 Å². The summed E-state index contributed by atoms with van der Waals surface area (Å²) < 4.78 is 9.65. The monoisotopic (exact) mass is 373 g/mol. The molecular formula is C17H16BrN3O2. The van der Waals surface area contributed by atoms with Gasteiger partial charge in [-0.05, 0) is 52.3 Å². The second kappa shape index (κ2) is 6.34. The third-order valence-electron chi connectivity index (χ3n) is 3.58. The van der Waals surface area contributed by atoms with Crippen LogP contribution in [0.3, 0.4) is 0 Å². The Morgan fingerprint density at radius 1 is 1.09 bits per heavy atom. The Balaban J connectivity index is 1.92. The van der Waals surface area contributed by atoms with Crippen LogP contribution >= 0.6 is 15.9 Å². The van der Waals surface area contributed by atoms with E-state index in [1.807, 2.05) is 37.4 Å². The molecule has 23 heavy (non-hydrogen) atoms. The Kier molecular flexibility index (Phi) is 4.25. The van der Waals surface area contributed by atoms with Gasteiger partial charge in [-0.25, -0.2) is 4.68 Å². The molecule has 0 amide bonds. The summed E-state index contributed by atoms with van der Waals surface area (Å²) in [7, 11) is 1.83. The Morgan fingerprint density at radius 3 is 2.39 bits per heavy atom. The third kappa shape index (κ3) is 3.03. The van der Waals surface area contributed by atoms with Crippen LogP contribution in [0, 0.1) is 0 Å². The van der Waals surface area contributed by atoms with Gasteiger partial charge in [0.2, 0.25) is 0 Å². The first-order valence-corrected chi connectivity index (χ1v) is 7.87. The topological polar surface area (TPSA) is 62.2 Å². The van der Waals surface area contributed by atoms with E-state index >= 15 is 0 Å².